The third kappa shape index (κ3) is 5.89. The van der Waals surface area contributed by atoms with Gasteiger partial charge in [-0.3, -0.25) is 4.99 Å². The van der Waals surface area contributed by atoms with E-state index in [-0.39, 0.29) is 11.8 Å². The molecule has 1 saturated heterocycles. The Morgan fingerprint density at radius 1 is 0.976 bits per heavy atom. The first-order valence-electron chi connectivity index (χ1n) is 15.2. The number of likely N-dealkylation sites (N-methyl/N-ethyl adjacent to an activating group) is 1. The van der Waals surface area contributed by atoms with Crippen LogP contribution in [0.4, 0.5) is 17.5 Å². The number of hydrogen-bond donors (Lipinski definition) is 2. The molecular formula is C30H43N9O2. The number of anilines is 3. The fourth-order valence-corrected chi connectivity index (χ4v) is 6.36. The van der Waals surface area contributed by atoms with E-state index in [1.54, 1.807) is 0 Å². The Hall–Kier alpha value is -3.28. The third-order valence-corrected chi connectivity index (χ3v) is 8.57. The summed E-state index contributed by atoms with van der Waals surface area (Å²) in [5.74, 6) is 2.15. The summed E-state index contributed by atoms with van der Waals surface area (Å²) >= 11 is 0. The minimum atomic E-state index is -0.318. The van der Waals surface area contributed by atoms with Crippen molar-refractivity contribution in [3.05, 3.63) is 36.3 Å². The molecule has 3 aromatic rings. The fraction of sp³-hybridized carbons (Fsp3) is 0.600. The molecule has 1 spiro atoms. The number of rotatable bonds is 9. The maximum atomic E-state index is 5.76. The number of nitrogens with zero attached hydrogens (tertiary/aromatic N) is 7. The molecule has 1 aliphatic carbocycles. The van der Waals surface area contributed by atoms with Gasteiger partial charge in [0.1, 0.15) is 17.3 Å². The van der Waals surface area contributed by atoms with E-state index in [9.17, 15) is 0 Å². The molecule has 3 aromatic heterocycles. The normalized spacial score (nSPS) is 19.0. The first-order chi connectivity index (χ1) is 20.1. The van der Waals surface area contributed by atoms with E-state index in [0.717, 1.165) is 79.6 Å². The van der Waals surface area contributed by atoms with E-state index in [1.807, 2.05) is 32.3 Å². The lowest BCUT2D eigenvalue weighted by Crippen LogP contribution is -2.47. The van der Waals surface area contributed by atoms with Gasteiger partial charge in [0.2, 0.25) is 5.95 Å². The van der Waals surface area contributed by atoms with Gasteiger partial charge < -0.3 is 34.5 Å². The average Bonchev–Trinajstić information content (AvgIpc) is 3.39. The van der Waals surface area contributed by atoms with E-state index < -0.39 is 0 Å². The van der Waals surface area contributed by atoms with Gasteiger partial charge in [-0.25, -0.2) is 9.97 Å². The van der Waals surface area contributed by atoms with Gasteiger partial charge in [0.15, 0.2) is 6.29 Å². The Morgan fingerprint density at radius 3 is 2.46 bits per heavy atom. The molecule has 0 unspecified atom stereocenters. The molecule has 41 heavy (non-hydrogen) atoms. The van der Waals surface area contributed by atoms with Crippen LogP contribution in [0.1, 0.15) is 51.6 Å². The second-order valence-corrected chi connectivity index (χ2v) is 11.3. The lowest BCUT2D eigenvalue weighted by molar-refractivity contribution is -0.131. The molecule has 2 aliphatic heterocycles. The maximum Gasteiger partial charge on any atom is 0.230 e. The molecule has 220 valence electrons. The average molecular weight is 562 g/mol. The Kier molecular flexibility index (Phi) is 8.36. The number of hydrogen-bond acceptors (Lipinski definition) is 10. The lowest BCUT2D eigenvalue weighted by atomic mass is 9.80. The van der Waals surface area contributed by atoms with E-state index in [4.69, 9.17) is 19.5 Å². The Bertz CT molecular complexity index is 1340. The largest absolute Gasteiger partial charge is 0.368 e. The highest BCUT2D eigenvalue weighted by atomic mass is 16.7. The molecule has 0 atom stereocenters. The van der Waals surface area contributed by atoms with Crippen LogP contribution in [-0.4, -0.2) is 96.1 Å². The zero-order chi connectivity index (χ0) is 28.2. The quantitative estimate of drug-likeness (QED) is 0.378. The van der Waals surface area contributed by atoms with Crippen molar-refractivity contribution in [2.45, 2.75) is 57.8 Å². The van der Waals surface area contributed by atoms with Crippen molar-refractivity contribution < 1.29 is 9.47 Å². The summed E-state index contributed by atoms with van der Waals surface area (Å²) in [6.45, 7) is 10.6. The molecule has 2 fully saturated rings. The molecule has 0 amide bonds. The van der Waals surface area contributed by atoms with Crippen LogP contribution in [0, 0.1) is 0 Å². The first kappa shape index (κ1) is 27.9. The number of aliphatic imine (C=N–C) groups is 1. The van der Waals surface area contributed by atoms with Crippen molar-refractivity contribution in [1.82, 2.24) is 29.7 Å². The predicted octanol–water partition coefficient (Wildman–Crippen LogP) is 3.73. The maximum absolute atomic E-state index is 5.76. The second-order valence-electron chi connectivity index (χ2n) is 11.3. The highest BCUT2D eigenvalue weighted by molar-refractivity contribution is 6.02. The summed E-state index contributed by atoms with van der Waals surface area (Å²) < 4.78 is 14.0. The van der Waals surface area contributed by atoms with Gasteiger partial charge in [-0.2, -0.15) is 4.98 Å². The molecule has 11 nitrogen and oxygen atoms in total. The molecule has 5 heterocycles. The fourth-order valence-electron chi connectivity index (χ4n) is 6.36. The Balaban J connectivity index is 1.26. The van der Waals surface area contributed by atoms with Gasteiger partial charge in [0.25, 0.3) is 0 Å². The Morgan fingerprint density at radius 2 is 1.76 bits per heavy atom. The number of nitrogens with one attached hydrogen (secondary N) is 2. The predicted molar refractivity (Wildman–Crippen MR) is 162 cm³/mol. The smallest absolute Gasteiger partial charge is 0.230 e. The second kappa shape index (κ2) is 12.3. The summed E-state index contributed by atoms with van der Waals surface area (Å²) in [7, 11) is 2.17. The highest BCUT2D eigenvalue weighted by Crippen LogP contribution is 2.41. The zero-order valence-electron chi connectivity index (χ0n) is 24.6. The van der Waals surface area contributed by atoms with Crippen molar-refractivity contribution in [1.29, 1.82) is 0 Å². The van der Waals surface area contributed by atoms with Crippen LogP contribution in [0.15, 0.2) is 35.6 Å². The minimum Gasteiger partial charge on any atom is -0.368 e. The van der Waals surface area contributed by atoms with Gasteiger partial charge in [0.05, 0.1) is 36.2 Å². The van der Waals surface area contributed by atoms with Crippen molar-refractivity contribution in [3.8, 4) is 0 Å². The SMILES string of the molecule is CCOC(CNC1=NCC2(CCCCC2)n2c1cc1cnc(Nc3ccc(N4CCN(C)CC4)cn3)nc12)OCC. The van der Waals surface area contributed by atoms with Crippen molar-refractivity contribution in [2.24, 2.45) is 4.99 Å². The van der Waals surface area contributed by atoms with E-state index in [2.05, 4.69) is 54.1 Å². The van der Waals surface area contributed by atoms with Crippen LogP contribution in [0.3, 0.4) is 0 Å². The molecular weight excluding hydrogens is 518 g/mol. The van der Waals surface area contributed by atoms with Crippen LogP contribution in [0.5, 0.6) is 0 Å². The molecule has 2 N–H and O–H groups in total. The molecule has 0 aromatic carbocycles. The number of piperazine rings is 1. The van der Waals surface area contributed by atoms with E-state index in [1.165, 1.54) is 19.3 Å². The minimum absolute atomic E-state index is 0.0617. The molecule has 1 saturated carbocycles. The number of ether oxygens (including phenoxy) is 2. The summed E-state index contributed by atoms with van der Waals surface area (Å²) in [6.07, 6.45) is 9.41. The van der Waals surface area contributed by atoms with Gasteiger partial charge in [-0.1, -0.05) is 19.3 Å². The van der Waals surface area contributed by atoms with Gasteiger partial charge in [-0.05, 0) is 51.9 Å². The lowest BCUT2D eigenvalue weighted by Gasteiger charge is -2.42. The Labute approximate surface area is 242 Å². The van der Waals surface area contributed by atoms with Gasteiger partial charge >= 0.3 is 0 Å². The molecule has 3 aliphatic rings. The van der Waals surface area contributed by atoms with Gasteiger partial charge in [-0.15, -0.1) is 0 Å². The molecule has 6 rings (SSSR count). The van der Waals surface area contributed by atoms with Crippen LogP contribution in [0.2, 0.25) is 0 Å². The summed E-state index contributed by atoms with van der Waals surface area (Å²) in [4.78, 5) is 24.2. The van der Waals surface area contributed by atoms with Gasteiger partial charge in [0, 0.05) is 51.0 Å². The summed E-state index contributed by atoms with van der Waals surface area (Å²) in [5, 5.41) is 7.88. The third-order valence-electron chi connectivity index (χ3n) is 8.57. The topological polar surface area (TPSA) is 105 Å². The zero-order valence-corrected chi connectivity index (χ0v) is 24.6. The number of pyridine rings is 1. The number of amidine groups is 1. The summed E-state index contributed by atoms with van der Waals surface area (Å²) in [6, 6.07) is 6.31. The van der Waals surface area contributed by atoms with Crippen molar-refractivity contribution in [3.63, 3.8) is 0 Å². The number of fused-ring (bicyclic) bond motifs is 4. The van der Waals surface area contributed by atoms with E-state index >= 15 is 0 Å². The van der Waals surface area contributed by atoms with Crippen LogP contribution < -0.4 is 15.5 Å². The van der Waals surface area contributed by atoms with Crippen LogP contribution in [-0.2, 0) is 15.0 Å². The van der Waals surface area contributed by atoms with E-state index in [0.29, 0.717) is 25.7 Å². The number of aromatic nitrogens is 4. The standard InChI is InChI=1S/C30H43N9O2/c1-4-40-26(41-5-2)20-32-27-24-17-22-18-33-29(36-28(22)39(24)30(21-34-27)11-7-6-8-12-30)35-25-10-9-23(19-31-25)38-15-13-37(3)14-16-38/h9-10,17-19,26H,4-8,11-16,20-21H2,1-3H3,(H,32,34)(H,31,33,35,36). The molecule has 0 radical (unpaired) electrons. The van der Waals surface area contributed by atoms with Crippen molar-refractivity contribution >= 4 is 34.3 Å². The monoisotopic (exact) mass is 561 g/mol. The molecule has 0 bridgehead atoms. The van der Waals surface area contributed by atoms with Crippen LogP contribution in [0.25, 0.3) is 11.0 Å². The highest BCUT2D eigenvalue weighted by Gasteiger charge is 2.40. The van der Waals surface area contributed by atoms with Crippen LogP contribution >= 0.6 is 0 Å². The summed E-state index contributed by atoms with van der Waals surface area (Å²) in [5.41, 5.74) is 3.08. The van der Waals surface area contributed by atoms with Crippen molar-refractivity contribution in [2.75, 3.05) is 69.7 Å². The first-order valence-corrected chi connectivity index (χ1v) is 15.2. The molecule has 11 heteroatoms.